The number of methoxy groups -OCH3 is 3. The fraction of sp³-hybridized carbons (Fsp3) is 0.375. The average molecular weight is 336 g/mol. The van der Waals surface area contributed by atoms with Gasteiger partial charge in [-0.25, -0.2) is 9.97 Å². The third kappa shape index (κ3) is 3.42. The van der Waals surface area contributed by atoms with Crippen molar-refractivity contribution in [2.75, 3.05) is 26.6 Å². The van der Waals surface area contributed by atoms with Gasteiger partial charge < -0.3 is 19.5 Å². The molecular formula is C16H18ClN3O3. The van der Waals surface area contributed by atoms with Gasteiger partial charge in [-0.3, -0.25) is 0 Å². The molecule has 23 heavy (non-hydrogen) atoms. The van der Waals surface area contributed by atoms with E-state index in [-0.39, 0.29) is 0 Å². The molecule has 3 rings (SSSR count). The van der Waals surface area contributed by atoms with E-state index in [4.69, 9.17) is 25.8 Å². The van der Waals surface area contributed by atoms with Crippen molar-refractivity contribution >= 4 is 23.1 Å². The van der Waals surface area contributed by atoms with Crippen molar-refractivity contribution in [1.29, 1.82) is 0 Å². The van der Waals surface area contributed by atoms with Gasteiger partial charge in [0.2, 0.25) is 5.75 Å². The number of aromatic nitrogens is 2. The van der Waals surface area contributed by atoms with Crippen LogP contribution in [0.2, 0.25) is 5.15 Å². The molecule has 0 radical (unpaired) electrons. The number of hydrogen-bond donors (Lipinski definition) is 1. The van der Waals surface area contributed by atoms with Crippen LogP contribution in [0.15, 0.2) is 18.2 Å². The Hall–Kier alpha value is -2.21. The van der Waals surface area contributed by atoms with Crippen molar-refractivity contribution in [3.63, 3.8) is 0 Å². The molecule has 0 saturated heterocycles. The molecule has 0 amide bonds. The first-order valence-electron chi connectivity index (χ1n) is 7.26. The highest BCUT2D eigenvalue weighted by Gasteiger charge is 2.27. The molecule has 1 N–H and O–H groups in total. The Balaban J connectivity index is 1.93. The van der Waals surface area contributed by atoms with E-state index < -0.39 is 0 Å². The molecule has 6 nitrogen and oxygen atoms in total. The molecule has 1 aliphatic rings. The summed E-state index contributed by atoms with van der Waals surface area (Å²) in [7, 11) is 4.72. The van der Waals surface area contributed by atoms with E-state index in [1.54, 1.807) is 27.4 Å². The van der Waals surface area contributed by atoms with Crippen LogP contribution < -0.4 is 19.5 Å². The smallest absolute Gasteiger partial charge is 0.203 e. The van der Waals surface area contributed by atoms with E-state index in [0.717, 1.165) is 24.4 Å². The van der Waals surface area contributed by atoms with Crippen LogP contribution in [-0.2, 0) is 0 Å². The van der Waals surface area contributed by atoms with Crippen LogP contribution in [0.4, 0.5) is 11.5 Å². The van der Waals surface area contributed by atoms with E-state index in [1.165, 1.54) is 0 Å². The first-order valence-corrected chi connectivity index (χ1v) is 7.64. The number of nitrogens with one attached hydrogen (secondary N) is 1. The lowest BCUT2D eigenvalue weighted by molar-refractivity contribution is 0.324. The van der Waals surface area contributed by atoms with Gasteiger partial charge in [-0.05, 0) is 12.8 Å². The maximum atomic E-state index is 6.09. The summed E-state index contributed by atoms with van der Waals surface area (Å²) in [6.07, 6.45) is 2.23. The second kappa shape index (κ2) is 6.50. The maximum absolute atomic E-state index is 6.09. The minimum absolute atomic E-state index is 0.425. The van der Waals surface area contributed by atoms with Crippen LogP contribution in [-0.4, -0.2) is 31.3 Å². The minimum atomic E-state index is 0.425. The number of benzene rings is 1. The van der Waals surface area contributed by atoms with E-state index in [1.807, 2.05) is 12.1 Å². The summed E-state index contributed by atoms with van der Waals surface area (Å²) in [5, 5.41) is 3.65. The van der Waals surface area contributed by atoms with E-state index >= 15 is 0 Å². The van der Waals surface area contributed by atoms with Gasteiger partial charge in [-0.2, -0.15) is 0 Å². The highest BCUT2D eigenvalue weighted by Crippen LogP contribution is 2.41. The molecule has 7 heteroatoms. The summed E-state index contributed by atoms with van der Waals surface area (Å²) >= 11 is 6.09. The van der Waals surface area contributed by atoms with Crippen molar-refractivity contribution in [3.8, 4) is 17.2 Å². The normalized spacial score (nSPS) is 13.6. The Morgan fingerprint density at radius 2 is 1.65 bits per heavy atom. The molecule has 0 spiro atoms. The van der Waals surface area contributed by atoms with E-state index in [2.05, 4.69) is 15.3 Å². The Morgan fingerprint density at radius 3 is 2.17 bits per heavy atom. The highest BCUT2D eigenvalue weighted by atomic mass is 35.5. The lowest BCUT2D eigenvalue weighted by Crippen LogP contribution is -2.01. The van der Waals surface area contributed by atoms with E-state index in [0.29, 0.717) is 34.1 Å². The van der Waals surface area contributed by atoms with Crippen molar-refractivity contribution in [3.05, 3.63) is 29.2 Å². The molecule has 1 fully saturated rings. The summed E-state index contributed by atoms with van der Waals surface area (Å²) in [6.45, 7) is 0. The summed E-state index contributed by atoms with van der Waals surface area (Å²) in [6, 6.07) is 5.32. The standard InChI is InChI=1S/C16H18ClN3O3/c1-21-11-6-10(7-12(22-2)15(11)23-3)18-14-8-13(17)19-16(20-14)9-4-5-9/h6-9H,4-5H2,1-3H3,(H,18,19,20). The molecule has 0 atom stereocenters. The van der Waals surface area contributed by atoms with Crippen LogP contribution in [0.3, 0.4) is 0 Å². The first-order chi connectivity index (χ1) is 11.1. The van der Waals surface area contributed by atoms with Crippen molar-refractivity contribution < 1.29 is 14.2 Å². The summed E-state index contributed by atoms with van der Waals surface area (Å²) in [5.41, 5.74) is 0.760. The first kappa shape index (κ1) is 15.7. The summed E-state index contributed by atoms with van der Waals surface area (Å²) in [4.78, 5) is 8.80. The fourth-order valence-corrected chi connectivity index (χ4v) is 2.51. The van der Waals surface area contributed by atoms with Crippen LogP contribution >= 0.6 is 11.6 Å². The molecule has 1 aliphatic carbocycles. The molecule has 1 aromatic carbocycles. The number of ether oxygens (including phenoxy) is 3. The lowest BCUT2D eigenvalue weighted by Gasteiger charge is -2.15. The topological polar surface area (TPSA) is 65.5 Å². The van der Waals surface area contributed by atoms with Gasteiger partial charge in [-0.15, -0.1) is 0 Å². The number of halogens is 1. The molecule has 2 aromatic rings. The predicted molar refractivity (Wildman–Crippen MR) is 88.4 cm³/mol. The van der Waals surface area contributed by atoms with Gasteiger partial charge in [0.25, 0.3) is 0 Å². The second-order valence-corrected chi connectivity index (χ2v) is 5.63. The van der Waals surface area contributed by atoms with Gasteiger partial charge in [0.1, 0.15) is 16.8 Å². The molecule has 1 heterocycles. The highest BCUT2D eigenvalue weighted by molar-refractivity contribution is 6.29. The Morgan fingerprint density at radius 1 is 1.00 bits per heavy atom. The number of anilines is 2. The predicted octanol–water partition coefficient (Wildman–Crippen LogP) is 3.78. The van der Waals surface area contributed by atoms with Crippen molar-refractivity contribution in [2.24, 2.45) is 0 Å². The van der Waals surface area contributed by atoms with Gasteiger partial charge in [0.15, 0.2) is 11.5 Å². The molecule has 1 saturated carbocycles. The maximum Gasteiger partial charge on any atom is 0.203 e. The SMILES string of the molecule is COc1cc(Nc2cc(Cl)nc(C3CC3)n2)cc(OC)c1OC. The zero-order chi connectivity index (χ0) is 16.4. The summed E-state index contributed by atoms with van der Waals surface area (Å²) in [5.74, 6) is 3.52. The monoisotopic (exact) mass is 335 g/mol. The zero-order valence-corrected chi connectivity index (χ0v) is 14.0. The minimum Gasteiger partial charge on any atom is -0.493 e. The van der Waals surface area contributed by atoms with Crippen LogP contribution in [0, 0.1) is 0 Å². The van der Waals surface area contributed by atoms with Gasteiger partial charge in [-0.1, -0.05) is 11.6 Å². The molecule has 1 aromatic heterocycles. The number of nitrogens with zero attached hydrogens (tertiary/aromatic N) is 2. The van der Waals surface area contributed by atoms with Gasteiger partial charge in [0.05, 0.1) is 21.3 Å². The van der Waals surface area contributed by atoms with Gasteiger partial charge in [0, 0.05) is 29.8 Å². The van der Waals surface area contributed by atoms with Crippen LogP contribution in [0.25, 0.3) is 0 Å². The van der Waals surface area contributed by atoms with Crippen LogP contribution in [0.1, 0.15) is 24.6 Å². The Bertz CT molecular complexity index is 695. The second-order valence-electron chi connectivity index (χ2n) is 5.25. The van der Waals surface area contributed by atoms with Crippen LogP contribution in [0.5, 0.6) is 17.2 Å². The quantitative estimate of drug-likeness (QED) is 0.810. The molecule has 0 unspecified atom stereocenters. The molecule has 122 valence electrons. The Kier molecular flexibility index (Phi) is 4.43. The molecular weight excluding hydrogens is 318 g/mol. The lowest BCUT2D eigenvalue weighted by atomic mass is 10.2. The van der Waals surface area contributed by atoms with Crippen molar-refractivity contribution in [1.82, 2.24) is 9.97 Å². The zero-order valence-electron chi connectivity index (χ0n) is 13.2. The molecule has 0 aliphatic heterocycles. The number of rotatable bonds is 6. The van der Waals surface area contributed by atoms with E-state index in [9.17, 15) is 0 Å². The fourth-order valence-electron chi connectivity index (χ4n) is 2.32. The Labute approximate surface area is 139 Å². The summed E-state index contributed by atoms with van der Waals surface area (Å²) < 4.78 is 16.0. The number of hydrogen-bond acceptors (Lipinski definition) is 6. The third-order valence-corrected chi connectivity index (χ3v) is 3.79. The van der Waals surface area contributed by atoms with Crippen molar-refractivity contribution in [2.45, 2.75) is 18.8 Å². The molecule has 0 bridgehead atoms. The largest absolute Gasteiger partial charge is 0.493 e. The third-order valence-electron chi connectivity index (χ3n) is 3.59. The average Bonchev–Trinajstić information content (AvgIpc) is 3.38. The van der Waals surface area contributed by atoms with Gasteiger partial charge >= 0.3 is 0 Å².